The van der Waals surface area contributed by atoms with E-state index in [0.29, 0.717) is 18.5 Å². The summed E-state index contributed by atoms with van der Waals surface area (Å²) < 4.78 is 1.37. The van der Waals surface area contributed by atoms with Gasteiger partial charge >= 0.3 is 12.0 Å². The molecule has 7 heteroatoms. The average molecular weight is 356 g/mol. The van der Waals surface area contributed by atoms with Crippen molar-refractivity contribution < 1.29 is 14.7 Å². The van der Waals surface area contributed by atoms with Gasteiger partial charge in [-0.3, -0.25) is 4.68 Å². The molecule has 7 nitrogen and oxygen atoms in total. The smallest absolute Gasteiger partial charge is 0.354 e. The predicted molar refractivity (Wildman–Crippen MR) is 98.4 cm³/mol. The zero-order valence-electron chi connectivity index (χ0n) is 15.5. The minimum Gasteiger partial charge on any atom is -0.477 e. The highest BCUT2D eigenvalue weighted by Crippen LogP contribution is 2.25. The molecular weight excluding hydrogens is 332 g/mol. The molecule has 0 fully saturated rings. The Balaban J connectivity index is 1.73. The van der Waals surface area contributed by atoms with E-state index in [-0.39, 0.29) is 23.7 Å². The number of fused-ring (bicyclic) bond motifs is 1. The second-order valence-corrected chi connectivity index (χ2v) is 7.63. The summed E-state index contributed by atoms with van der Waals surface area (Å²) in [7, 11) is 1.61. The van der Waals surface area contributed by atoms with Crippen LogP contribution in [0.4, 0.5) is 10.5 Å². The Bertz CT molecular complexity index is 847. The van der Waals surface area contributed by atoms with E-state index in [1.54, 1.807) is 11.9 Å². The Morgan fingerprint density at radius 3 is 2.42 bits per heavy atom. The number of nitrogens with zero attached hydrogens (tertiary/aromatic N) is 3. The molecule has 2 heterocycles. The van der Waals surface area contributed by atoms with E-state index in [4.69, 9.17) is 0 Å². The largest absolute Gasteiger partial charge is 0.477 e. The van der Waals surface area contributed by atoms with Gasteiger partial charge in [0.1, 0.15) is 0 Å². The van der Waals surface area contributed by atoms with Crippen molar-refractivity contribution >= 4 is 17.7 Å². The molecule has 0 atom stereocenters. The summed E-state index contributed by atoms with van der Waals surface area (Å²) in [5.74, 6) is -1.03. The Morgan fingerprint density at radius 2 is 1.85 bits per heavy atom. The third-order valence-electron chi connectivity index (χ3n) is 4.69. The van der Waals surface area contributed by atoms with Gasteiger partial charge in [0.15, 0.2) is 5.69 Å². The number of aromatic nitrogens is 2. The van der Waals surface area contributed by atoms with Crippen LogP contribution >= 0.6 is 0 Å². The molecule has 3 rings (SSSR count). The lowest BCUT2D eigenvalue weighted by molar-refractivity contribution is 0.0682. The first-order valence-corrected chi connectivity index (χ1v) is 8.61. The number of hydrogen-bond acceptors (Lipinski definition) is 3. The summed E-state index contributed by atoms with van der Waals surface area (Å²) in [6.07, 6.45) is 0.548. The highest BCUT2D eigenvalue weighted by Gasteiger charge is 2.29. The molecule has 138 valence electrons. The molecule has 0 unspecified atom stereocenters. The molecule has 1 aliphatic rings. The van der Waals surface area contributed by atoms with Crippen LogP contribution in [0.1, 0.15) is 48.1 Å². The van der Waals surface area contributed by atoms with Crippen LogP contribution in [0.15, 0.2) is 24.3 Å². The van der Waals surface area contributed by atoms with Crippen LogP contribution in [0.2, 0.25) is 0 Å². The van der Waals surface area contributed by atoms with Crippen LogP contribution in [-0.4, -0.2) is 38.3 Å². The van der Waals surface area contributed by atoms with Crippen molar-refractivity contribution in [3.8, 4) is 0 Å². The second kappa shape index (κ2) is 6.48. The molecule has 0 spiro atoms. The van der Waals surface area contributed by atoms with Gasteiger partial charge in [-0.1, -0.05) is 32.9 Å². The van der Waals surface area contributed by atoms with Crippen molar-refractivity contribution in [3.05, 3.63) is 46.8 Å². The zero-order valence-corrected chi connectivity index (χ0v) is 15.5. The SMILES string of the molecule is Cn1nc2c(c1C(=O)O)CN(C(=O)Nc1ccc(C(C)(C)C)cc1)CC2. The monoisotopic (exact) mass is 356 g/mol. The Hall–Kier alpha value is -2.83. The summed E-state index contributed by atoms with van der Waals surface area (Å²) in [5, 5.41) is 16.5. The molecule has 2 N–H and O–H groups in total. The van der Waals surface area contributed by atoms with Gasteiger partial charge in [-0.2, -0.15) is 5.10 Å². The molecular formula is C19H24N4O3. The average Bonchev–Trinajstić information content (AvgIpc) is 2.89. The maximum absolute atomic E-state index is 12.6. The number of nitrogens with one attached hydrogen (secondary N) is 1. The molecule has 2 amide bonds. The fraction of sp³-hybridized carbons (Fsp3) is 0.421. The van der Waals surface area contributed by atoms with Crippen LogP contribution in [0.3, 0.4) is 0 Å². The van der Waals surface area contributed by atoms with Crippen LogP contribution in [0, 0.1) is 0 Å². The number of amides is 2. The number of carbonyl (C=O) groups excluding carboxylic acids is 1. The summed E-state index contributed by atoms with van der Waals surface area (Å²) in [6.45, 7) is 7.17. The van der Waals surface area contributed by atoms with Crippen molar-refractivity contribution in [2.24, 2.45) is 7.05 Å². The Labute approximate surface area is 152 Å². The highest BCUT2D eigenvalue weighted by molar-refractivity contribution is 5.91. The highest BCUT2D eigenvalue weighted by atomic mass is 16.4. The lowest BCUT2D eigenvalue weighted by atomic mass is 9.87. The van der Waals surface area contributed by atoms with Crippen molar-refractivity contribution in [3.63, 3.8) is 0 Å². The molecule has 26 heavy (non-hydrogen) atoms. The number of aromatic carboxylic acids is 1. The molecule has 0 aliphatic carbocycles. The topological polar surface area (TPSA) is 87.5 Å². The van der Waals surface area contributed by atoms with Crippen LogP contribution in [0.5, 0.6) is 0 Å². The number of carboxylic acids is 1. The molecule has 2 aromatic rings. The fourth-order valence-electron chi connectivity index (χ4n) is 3.20. The number of hydrogen-bond donors (Lipinski definition) is 2. The van der Waals surface area contributed by atoms with E-state index < -0.39 is 5.97 Å². The summed E-state index contributed by atoms with van der Waals surface area (Å²) in [5.41, 5.74) is 3.48. The molecule has 0 radical (unpaired) electrons. The number of urea groups is 1. The van der Waals surface area contributed by atoms with Gasteiger partial charge in [0.25, 0.3) is 0 Å². The van der Waals surface area contributed by atoms with Gasteiger partial charge in [0, 0.05) is 31.3 Å². The Kier molecular flexibility index (Phi) is 4.48. The van der Waals surface area contributed by atoms with E-state index in [2.05, 4.69) is 31.2 Å². The van der Waals surface area contributed by atoms with E-state index in [9.17, 15) is 14.7 Å². The number of rotatable bonds is 2. The normalized spacial score (nSPS) is 14.1. The minimum atomic E-state index is -1.03. The first-order chi connectivity index (χ1) is 12.2. The first-order valence-electron chi connectivity index (χ1n) is 8.61. The standard InChI is InChI=1S/C19H24N4O3/c1-19(2,3)12-5-7-13(8-6-12)20-18(26)23-10-9-15-14(11-23)16(17(24)25)22(4)21-15/h5-8H,9-11H2,1-4H3,(H,20,26)(H,24,25). The number of carboxylic acid groups (broad SMARTS) is 1. The number of anilines is 1. The summed E-state index contributed by atoms with van der Waals surface area (Å²) in [6, 6.07) is 7.56. The zero-order chi connectivity index (χ0) is 19.1. The predicted octanol–water partition coefficient (Wildman–Crippen LogP) is 3.01. The van der Waals surface area contributed by atoms with Crippen LogP contribution < -0.4 is 5.32 Å². The lowest BCUT2D eigenvalue weighted by Crippen LogP contribution is -2.39. The number of benzene rings is 1. The van der Waals surface area contributed by atoms with Crippen molar-refractivity contribution in [1.29, 1.82) is 0 Å². The van der Waals surface area contributed by atoms with Gasteiger partial charge < -0.3 is 15.3 Å². The van der Waals surface area contributed by atoms with E-state index in [0.717, 1.165) is 11.4 Å². The second-order valence-electron chi connectivity index (χ2n) is 7.63. The molecule has 1 aromatic heterocycles. The van der Waals surface area contributed by atoms with Crippen molar-refractivity contribution in [2.45, 2.75) is 39.2 Å². The Morgan fingerprint density at radius 1 is 1.19 bits per heavy atom. The summed E-state index contributed by atoms with van der Waals surface area (Å²) in [4.78, 5) is 25.7. The first kappa shape index (κ1) is 18.0. The van der Waals surface area contributed by atoms with Crippen LogP contribution in [-0.2, 0) is 25.4 Å². The summed E-state index contributed by atoms with van der Waals surface area (Å²) >= 11 is 0. The third kappa shape index (κ3) is 3.42. The van der Waals surface area contributed by atoms with Crippen LogP contribution in [0.25, 0.3) is 0 Å². The van der Waals surface area contributed by atoms with Gasteiger partial charge in [-0.05, 0) is 23.1 Å². The minimum absolute atomic E-state index is 0.0549. The third-order valence-corrected chi connectivity index (χ3v) is 4.69. The van der Waals surface area contributed by atoms with E-state index in [1.165, 1.54) is 10.2 Å². The van der Waals surface area contributed by atoms with Gasteiger partial charge in [0.05, 0.1) is 12.2 Å². The van der Waals surface area contributed by atoms with Gasteiger partial charge in [-0.25, -0.2) is 9.59 Å². The molecule has 0 saturated heterocycles. The molecule has 1 aliphatic heterocycles. The van der Waals surface area contributed by atoms with E-state index in [1.807, 2.05) is 24.3 Å². The lowest BCUT2D eigenvalue weighted by Gasteiger charge is -2.27. The maximum atomic E-state index is 12.6. The molecule has 0 bridgehead atoms. The fourth-order valence-corrected chi connectivity index (χ4v) is 3.20. The van der Waals surface area contributed by atoms with E-state index >= 15 is 0 Å². The number of carbonyl (C=O) groups is 2. The number of aryl methyl sites for hydroxylation is 1. The maximum Gasteiger partial charge on any atom is 0.354 e. The molecule has 0 saturated carbocycles. The van der Waals surface area contributed by atoms with Gasteiger partial charge in [0.2, 0.25) is 0 Å². The quantitative estimate of drug-likeness (QED) is 0.866. The van der Waals surface area contributed by atoms with Crippen molar-refractivity contribution in [2.75, 3.05) is 11.9 Å². The van der Waals surface area contributed by atoms with Gasteiger partial charge in [-0.15, -0.1) is 0 Å². The molecule has 1 aromatic carbocycles. The van der Waals surface area contributed by atoms with Crippen molar-refractivity contribution in [1.82, 2.24) is 14.7 Å².